The van der Waals surface area contributed by atoms with E-state index in [9.17, 15) is 4.79 Å². The molecule has 1 aromatic rings. The molecule has 1 amide bonds. The van der Waals surface area contributed by atoms with E-state index >= 15 is 0 Å². The second kappa shape index (κ2) is 4.98. The van der Waals surface area contributed by atoms with Crippen molar-refractivity contribution in [3.63, 3.8) is 0 Å². The summed E-state index contributed by atoms with van der Waals surface area (Å²) in [5.41, 5.74) is 0.837. The fourth-order valence-electron chi connectivity index (χ4n) is 1.25. The molecule has 15 heavy (non-hydrogen) atoms. The monoisotopic (exact) mass is 211 g/mol. The highest BCUT2D eigenvalue weighted by Gasteiger charge is 2.17. The maximum absolute atomic E-state index is 11.8. The van der Waals surface area contributed by atoms with E-state index in [1.165, 1.54) is 6.26 Å². The van der Waals surface area contributed by atoms with Crippen molar-refractivity contribution in [2.75, 3.05) is 13.6 Å². The standard InChI is InChI=1S/C11H17NO3/c1-8-5-7-15-10(8)11(14)12(3)6-4-9(2)13/h5,7,9,13H,4,6H2,1-3H3. The Hall–Kier alpha value is -1.29. The van der Waals surface area contributed by atoms with E-state index in [1.807, 2.05) is 6.92 Å². The zero-order chi connectivity index (χ0) is 11.4. The van der Waals surface area contributed by atoms with Crippen LogP contribution in [0.2, 0.25) is 0 Å². The van der Waals surface area contributed by atoms with Gasteiger partial charge in [-0.3, -0.25) is 4.79 Å². The van der Waals surface area contributed by atoms with Crippen LogP contribution < -0.4 is 0 Å². The van der Waals surface area contributed by atoms with Crippen molar-refractivity contribution in [3.8, 4) is 0 Å². The Morgan fingerprint density at radius 2 is 2.33 bits per heavy atom. The molecule has 1 heterocycles. The molecule has 0 aliphatic rings. The molecule has 1 N–H and O–H groups in total. The van der Waals surface area contributed by atoms with Crippen molar-refractivity contribution < 1.29 is 14.3 Å². The number of carbonyl (C=O) groups excluding carboxylic acids is 1. The van der Waals surface area contributed by atoms with Gasteiger partial charge >= 0.3 is 0 Å². The van der Waals surface area contributed by atoms with Gasteiger partial charge in [0.15, 0.2) is 5.76 Å². The average Bonchev–Trinajstić information content (AvgIpc) is 2.59. The zero-order valence-corrected chi connectivity index (χ0v) is 9.36. The Morgan fingerprint density at radius 3 is 2.80 bits per heavy atom. The van der Waals surface area contributed by atoms with Crippen molar-refractivity contribution in [2.45, 2.75) is 26.4 Å². The molecule has 0 radical (unpaired) electrons. The zero-order valence-electron chi connectivity index (χ0n) is 9.36. The molecular weight excluding hydrogens is 194 g/mol. The van der Waals surface area contributed by atoms with Gasteiger partial charge < -0.3 is 14.4 Å². The molecule has 0 spiro atoms. The number of amides is 1. The maximum Gasteiger partial charge on any atom is 0.289 e. The number of aryl methyl sites for hydroxylation is 1. The summed E-state index contributed by atoms with van der Waals surface area (Å²) in [6.45, 7) is 4.06. The Balaban J connectivity index is 2.57. The van der Waals surface area contributed by atoms with Crippen LogP contribution in [-0.4, -0.2) is 35.6 Å². The minimum atomic E-state index is -0.391. The largest absolute Gasteiger partial charge is 0.459 e. The van der Waals surface area contributed by atoms with Crippen LogP contribution in [0.3, 0.4) is 0 Å². The summed E-state index contributed by atoms with van der Waals surface area (Å²) in [5.74, 6) is 0.237. The predicted octanol–water partition coefficient (Wildman–Crippen LogP) is 1.43. The lowest BCUT2D eigenvalue weighted by molar-refractivity contribution is 0.0737. The molecule has 0 aliphatic carbocycles. The van der Waals surface area contributed by atoms with E-state index in [0.29, 0.717) is 18.7 Å². The summed E-state index contributed by atoms with van der Waals surface area (Å²) >= 11 is 0. The van der Waals surface area contributed by atoms with Gasteiger partial charge in [-0.25, -0.2) is 0 Å². The summed E-state index contributed by atoms with van der Waals surface area (Å²) in [4.78, 5) is 13.3. The molecule has 4 nitrogen and oxygen atoms in total. The van der Waals surface area contributed by atoms with Crippen LogP contribution >= 0.6 is 0 Å². The number of aliphatic hydroxyl groups excluding tert-OH is 1. The topological polar surface area (TPSA) is 53.7 Å². The van der Waals surface area contributed by atoms with Gasteiger partial charge in [-0.1, -0.05) is 0 Å². The van der Waals surface area contributed by atoms with E-state index in [-0.39, 0.29) is 5.91 Å². The summed E-state index contributed by atoms with van der Waals surface area (Å²) in [5, 5.41) is 9.11. The first-order valence-electron chi connectivity index (χ1n) is 5.00. The summed E-state index contributed by atoms with van der Waals surface area (Å²) < 4.78 is 5.10. The highest BCUT2D eigenvalue weighted by molar-refractivity contribution is 5.92. The van der Waals surface area contributed by atoms with Crippen LogP contribution in [0.4, 0.5) is 0 Å². The first-order chi connectivity index (χ1) is 7.02. The Bertz CT molecular complexity index is 330. The van der Waals surface area contributed by atoms with Gasteiger partial charge in [0.05, 0.1) is 12.4 Å². The Kier molecular flexibility index (Phi) is 3.91. The van der Waals surface area contributed by atoms with Gasteiger partial charge in [0.2, 0.25) is 0 Å². The highest BCUT2D eigenvalue weighted by atomic mass is 16.3. The first-order valence-corrected chi connectivity index (χ1v) is 5.00. The van der Waals surface area contributed by atoms with E-state index < -0.39 is 6.10 Å². The summed E-state index contributed by atoms with van der Waals surface area (Å²) in [6, 6.07) is 1.76. The molecule has 1 unspecified atom stereocenters. The third kappa shape index (κ3) is 3.09. The van der Waals surface area contributed by atoms with Crippen molar-refractivity contribution in [2.24, 2.45) is 0 Å². The molecule has 0 saturated carbocycles. The lowest BCUT2D eigenvalue weighted by atomic mass is 10.2. The second-order valence-corrected chi connectivity index (χ2v) is 3.80. The quantitative estimate of drug-likeness (QED) is 0.819. The van der Waals surface area contributed by atoms with Gasteiger partial charge in [0.1, 0.15) is 0 Å². The molecule has 0 aliphatic heterocycles. The van der Waals surface area contributed by atoms with Crippen molar-refractivity contribution >= 4 is 5.91 Å². The van der Waals surface area contributed by atoms with E-state index in [1.54, 1.807) is 24.9 Å². The molecule has 0 saturated heterocycles. The lowest BCUT2D eigenvalue weighted by Crippen LogP contribution is -2.29. The molecule has 0 fully saturated rings. The van der Waals surface area contributed by atoms with Crippen LogP contribution in [0.15, 0.2) is 16.7 Å². The second-order valence-electron chi connectivity index (χ2n) is 3.80. The number of hydrogen-bond donors (Lipinski definition) is 1. The number of rotatable bonds is 4. The molecule has 0 bridgehead atoms. The van der Waals surface area contributed by atoms with E-state index in [0.717, 1.165) is 5.56 Å². The van der Waals surface area contributed by atoms with Crippen molar-refractivity contribution in [1.82, 2.24) is 4.90 Å². The van der Waals surface area contributed by atoms with Crippen LogP contribution in [0.5, 0.6) is 0 Å². The fraction of sp³-hybridized carbons (Fsp3) is 0.545. The van der Waals surface area contributed by atoms with Crippen molar-refractivity contribution in [3.05, 3.63) is 23.7 Å². The molecular formula is C11H17NO3. The van der Waals surface area contributed by atoms with E-state index in [4.69, 9.17) is 9.52 Å². The fourth-order valence-corrected chi connectivity index (χ4v) is 1.25. The SMILES string of the molecule is Cc1ccoc1C(=O)N(C)CCC(C)O. The summed E-state index contributed by atoms with van der Waals surface area (Å²) in [6.07, 6.45) is 1.69. The minimum Gasteiger partial charge on any atom is -0.459 e. The molecule has 1 rings (SSSR count). The Morgan fingerprint density at radius 1 is 1.67 bits per heavy atom. The van der Waals surface area contributed by atoms with E-state index in [2.05, 4.69) is 0 Å². The third-order valence-corrected chi connectivity index (χ3v) is 2.29. The smallest absolute Gasteiger partial charge is 0.289 e. The van der Waals surface area contributed by atoms with Crippen LogP contribution in [0.1, 0.15) is 29.5 Å². The van der Waals surface area contributed by atoms with Crippen LogP contribution in [-0.2, 0) is 0 Å². The third-order valence-electron chi connectivity index (χ3n) is 2.29. The number of furan rings is 1. The molecule has 1 aromatic heterocycles. The Labute approximate surface area is 89.5 Å². The molecule has 0 aromatic carbocycles. The average molecular weight is 211 g/mol. The summed E-state index contributed by atoms with van der Waals surface area (Å²) in [7, 11) is 1.70. The lowest BCUT2D eigenvalue weighted by Gasteiger charge is -2.16. The normalized spacial score (nSPS) is 12.5. The van der Waals surface area contributed by atoms with Crippen LogP contribution in [0, 0.1) is 6.92 Å². The van der Waals surface area contributed by atoms with Gasteiger partial charge in [-0.15, -0.1) is 0 Å². The molecule has 4 heteroatoms. The van der Waals surface area contributed by atoms with Gasteiger partial charge in [-0.05, 0) is 26.3 Å². The van der Waals surface area contributed by atoms with Crippen LogP contribution in [0.25, 0.3) is 0 Å². The number of carbonyl (C=O) groups is 1. The molecule has 1 atom stereocenters. The predicted molar refractivity (Wildman–Crippen MR) is 56.7 cm³/mol. The first kappa shape index (κ1) is 11.8. The number of aliphatic hydroxyl groups is 1. The molecule has 84 valence electrons. The number of hydrogen-bond acceptors (Lipinski definition) is 3. The van der Waals surface area contributed by atoms with Gasteiger partial charge in [-0.2, -0.15) is 0 Å². The minimum absolute atomic E-state index is 0.141. The van der Waals surface area contributed by atoms with Gasteiger partial charge in [0, 0.05) is 19.2 Å². The van der Waals surface area contributed by atoms with Crippen molar-refractivity contribution in [1.29, 1.82) is 0 Å². The number of nitrogens with zero attached hydrogens (tertiary/aromatic N) is 1. The van der Waals surface area contributed by atoms with Gasteiger partial charge in [0.25, 0.3) is 5.91 Å². The highest BCUT2D eigenvalue weighted by Crippen LogP contribution is 2.11. The maximum atomic E-state index is 11.8.